The van der Waals surface area contributed by atoms with Gasteiger partial charge < -0.3 is 10.1 Å². The van der Waals surface area contributed by atoms with Crippen LogP contribution in [0.25, 0.3) is 5.65 Å². The van der Waals surface area contributed by atoms with Gasteiger partial charge in [0.2, 0.25) is 0 Å². The molecule has 0 atom stereocenters. The Labute approximate surface area is 148 Å². The van der Waals surface area contributed by atoms with Crippen molar-refractivity contribution < 1.29 is 9.53 Å². The molecule has 1 N–H and O–H groups in total. The Morgan fingerprint density at radius 3 is 2.92 bits per heavy atom. The number of rotatable bonds is 5. The highest BCUT2D eigenvalue weighted by Crippen LogP contribution is 2.21. The summed E-state index contributed by atoms with van der Waals surface area (Å²) in [7, 11) is 1.60. The van der Waals surface area contributed by atoms with Crippen LogP contribution < -0.4 is 10.1 Å². The van der Waals surface area contributed by atoms with Gasteiger partial charge in [-0.3, -0.25) is 9.20 Å². The van der Waals surface area contributed by atoms with Crippen LogP contribution in [0.3, 0.4) is 0 Å². The molecule has 0 spiro atoms. The lowest BCUT2D eigenvalue weighted by molar-refractivity contribution is 0.102. The second-order valence-corrected chi connectivity index (χ2v) is 6.33. The molecule has 3 aromatic rings. The fraction of sp³-hybridized carbons (Fsp3) is 0.222. The Hall–Kier alpha value is -2.34. The molecule has 0 saturated carbocycles. The maximum absolute atomic E-state index is 12.9. The lowest BCUT2D eigenvalue weighted by Crippen LogP contribution is -2.16. The summed E-state index contributed by atoms with van der Waals surface area (Å²) in [5.41, 5.74) is 2.82. The number of nitrogens with zero attached hydrogens (tertiary/aromatic N) is 2. The summed E-state index contributed by atoms with van der Waals surface area (Å²) in [5.74, 6) is 0.514. The van der Waals surface area contributed by atoms with Crippen molar-refractivity contribution >= 4 is 33.2 Å². The summed E-state index contributed by atoms with van der Waals surface area (Å²) in [6, 6.07) is 11.1. The van der Waals surface area contributed by atoms with Gasteiger partial charge in [-0.2, -0.15) is 0 Å². The molecule has 0 radical (unpaired) electrons. The minimum Gasteiger partial charge on any atom is -0.497 e. The maximum Gasteiger partial charge on any atom is 0.274 e. The van der Waals surface area contributed by atoms with Crippen molar-refractivity contribution in [2.24, 2.45) is 0 Å². The summed E-state index contributed by atoms with van der Waals surface area (Å²) in [4.78, 5) is 17.5. The van der Waals surface area contributed by atoms with Gasteiger partial charge in [0, 0.05) is 22.4 Å². The van der Waals surface area contributed by atoms with Crippen molar-refractivity contribution in [1.82, 2.24) is 9.38 Å². The van der Waals surface area contributed by atoms with E-state index in [1.807, 2.05) is 40.9 Å². The maximum atomic E-state index is 12.9. The molecule has 0 unspecified atom stereocenters. The zero-order chi connectivity index (χ0) is 17.1. The molecule has 1 amide bonds. The second kappa shape index (κ2) is 7.05. The number of benzene rings is 1. The molecule has 124 valence electrons. The van der Waals surface area contributed by atoms with Gasteiger partial charge in [-0.05, 0) is 46.6 Å². The summed E-state index contributed by atoms with van der Waals surface area (Å²) in [5, 5.41) is 2.93. The molecule has 1 aromatic carbocycles. The van der Waals surface area contributed by atoms with E-state index in [1.54, 1.807) is 13.2 Å². The van der Waals surface area contributed by atoms with E-state index in [9.17, 15) is 4.79 Å². The van der Waals surface area contributed by atoms with E-state index < -0.39 is 0 Å². The lowest BCUT2D eigenvalue weighted by Gasteiger charge is -2.08. The van der Waals surface area contributed by atoms with E-state index in [-0.39, 0.29) is 5.91 Å². The first-order valence-corrected chi connectivity index (χ1v) is 8.53. The SMILES string of the molecule is CCCc1nc2ccc(Br)cn2c1C(=O)Nc1cccc(OC)c1. The third-order valence-electron chi connectivity index (χ3n) is 3.68. The first-order chi connectivity index (χ1) is 11.6. The highest BCUT2D eigenvalue weighted by Gasteiger charge is 2.19. The van der Waals surface area contributed by atoms with Crippen molar-refractivity contribution in [1.29, 1.82) is 0 Å². The minimum atomic E-state index is -0.183. The smallest absolute Gasteiger partial charge is 0.274 e. The predicted octanol–water partition coefficient (Wildman–Crippen LogP) is 4.31. The van der Waals surface area contributed by atoms with Gasteiger partial charge in [0.1, 0.15) is 17.1 Å². The molecular weight excluding hydrogens is 370 g/mol. The predicted molar refractivity (Wildman–Crippen MR) is 97.8 cm³/mol. The molecule has 24 heavy (non-hydrogen) atoms. The number of carbonyl (C=O) groups excluding carboxylic acids is 1. The van der Waals surface area contributed by atoms with Crippen LogP contribution >= 0.6 is 15.9 Å². The van der Waals surface area contributed by atoms with Gasteiger partial charge in [0.15, 0.2) is 0 Å². The largest absolute Gasteiger partial charge is 0.497 e. The Morgan fingerprint density at radius 1 is 1.33 bits per heavy atom. The molecule has 2 aromatic heterocycles. The molecule has 2 heterocycles. The molecule has 0 fully saturated rings. The molecular formula is C18H18BrN3O2. The van der Waals surface area contributed by atoms with Crippen molar-refractivity contribution in [2.45, 2.75) is 19.8 Å². The Bertz CT molecular complexity index is 889. The van der Waals surface area contributed by atoms with E-state index in [4.69, 9.17) is 4.74 Å². The molecule has 0 aliphatic rings. The van der Waals surface area contributed by atoms with E-state index in [0.717, 1.165) is 28.7 Å². The Morgan fingerprint density at radius 2 is 2.17 bits per heavy atom. The number of halogens is 1. The van der Waals surface area contributed by atoms with Crippen LogP contribution in [0.5, 0.6) is 5.75 Å². The molecule has 0 saturated heterocycles. The highest BCUT2D eigenvalue weighted by molar-refractivity contribution is 9.10. The number of aryl methyl sites for hydroxylation is 1. The first kappa shape index (κ1) is 16.5. The summed E-state index contributed by atoms with van der Waals surface area (Å²) < 4.78 is 7.92. The average molecular weight is 388 g/mol. The fourth-order valence-electron chi connectivity index (χ4n) is 2.61. The van der Waals surface area contributed by atoms with Crippen LogP contribution in [0.15, 0.2) is 47.1 Å². The number of carbonyl (C=O) groups is 1. The minimum absolute atomic E-state index is 0.183. The van der Waals surface area contributed by atoms with Gasteiger partial charge in [-0.1, -0.05) is 19.4 Å². The average Bonchev–Trinajstić information content (AvgIpc) is 2.92. The van der Waals surface area contributed by atoms with Crippen LogP contribution in [0, 0.1) is 0 Å². The number of anilines is 1. The second-order valence-electron chi connectivity index (χ2n) is 5.42. The Balaban J connectivity index is 2.01. The van der Waals surface area contributed by atoms with Crippen molar-refractivity contribution in [3.63, 3.8) is 0 Å². The van der Waals surface area contributed by atoms with Crippen LogP contribution in [-0.4, -0.2) is 22.4 Å². The third-order valence-corrected chi connectivity index (χ3v) is 4.15. The Kier molecular flexibility index (Phi) is 4.85. The van der Waals surface area contributed by atoms with Crippen molar-refractivity contribution in [3.05, 3.63) is 58.5 Å². The lowest BCUT2D eigenvalue weighted by atomic mass is 10.2. The number of pyridine rings is 1. The van der Waals surface area contributed by atoms with E-state index in [1.165, 1.54) is 0 Å². The zero-order valence-electron chi connectivity index (χ0n) is 13.5. The van der Waals surface area contributed by atoms with Gasteiger partial charge >= 0.3 is 0 Å². The van der Waals surface area contributed by atoms with Crippen molar-refractivity contribution in [3.8, 4) is 5.75 Å². The van der Waals surface area contributed by atoms with Gasteiger partial charge in [-0.25, -0.2) is 4.98 Å². The quantitative estimate of drug-likeness (QED) is 0.709. The van der Waals surface area contributed by atoms with Crippen LogP contribution in [0.1, 0.15) is 29.5 Å². The summed E-state index contributed by atoms with van der Waals surface area (Å²) in [6.45, 7) is 2.07. The van der Waals surface area contributed by atoms with Gasteiger partial charge in [0.05, 0.1) is 12.8 Å². The number of imidazole rings is 1. The summed E-state index contributed by atoms with van der Waals surface area (Å²) in [6.07, 6.45) is 3.53. The molecule has 0 aliphatic carbocycles. The normalized spacial score (nSPS) is 10.8. The first-order valence-electron chi connectivity index (χ1n) is 7.74. The number of hydrogen-bond donors (Lipinski definition) is 1. The van der Waals surface area contributed by atoms with E-state index in [0.29, 0.717) is 17.1 Å². The number of aromatic nitrogens is 2. The molecule has 0 bridgehead atoms. The van der Waals surface area contributed by atoms with Crippen LogP contribution in [0.2, 0.25) is 0 Å². The van der Waals surface area contributed by atoms with Crippen LogP contribution in [-0.2, 0) is 6.42 Å². The topological polar surface area (TPSA) is 55.6 Å². The summed E-state index contributed by atoms with van der Waals surface area (Å²) >= 11 is 3.45. The third kappa shape index (κ3) is 3.28. The molecule has 0 aliphatic heterocycles. The number of nitrogens with one attached hydrogen (secondary N) is 1. The van der Waals surface area contributed by atoms with Gasteiger partial charge in [-0.15, -0.1) is 0 Å². The number of amides is 1. The highest BCUT2D eigenvalue weighted by atomic mass is 79.9. The number of methoxy groups -OCH3 is 1. The number of ether oxygens (including phenoxy) is 1. The number of hydrogen-bond acceptors (Lipinski definition) is 3. The molecule has 5 nitrogen and oxygen atoms in total. The fourth-order valence-corrected chi connectivity index (χ4v) is 2.95. The van der Waals surface area contributed by atoms with Crippen LogP contribution in [0.4, 0.5) is 5.69 Å². The molecule has 6 heteroatoms. The van der Waals surface area contributed by atoms with E-state index >= 15 is 0 Å². The monoisotopic (exact) mass is 387 g/mol. The van der Waals surface area contributed by atoms with E-state index in [2.05, 4.69) is 33.2 Å². The van der Waals surface area contributed by atoms with Gasteiger partial charge in [0.25, 0.3) is 5.91 Å². The van der Waals surface area contributed by atoms with Crippen molar-refractivity contribution in [2.75, 3.05) is 12.4 Å². The zero-order valence-corrected chi connectivity index (χ0v) is 15.1. The molecule has 3 rings (SSSR count). The standard InChI is InChI=1S/C18H18BrN3O2/c1-3-5-15-17(22-11-12(19)8-9-16(22)21-15)18(23)20-13-6-4-7-14(10-13)24-2/h4,6-11H,3,5H2,1-2H3,(H,20,23). The number of fused-ring (bicyclic) bond motifs is 1.